The Morgan fingerprint density at radius 1 is 1.00 bits per heavy atom. The van der Waals surface area contributed by atoms with E-state index in [0.717, 1.165) is 30.8 Å². The molecular formula is C20H25FN2O. The van der Waals surface area contributed by atoms with Crippen molar-refractivity contribution < 1.29 is 9.18 Å². The highest BCUT2D eigenvalue weighted by Crippen LogP contribution is 2.12. The molecule has 4 heteroatoms. The first-order chi connectivity index (χ1) is 11.6. The molecule has 1 amide bonds. The summed E-state index contributed by atoms with van der Waals surface area (Å²) >= 11 is 0. The fourth-order valence-corrected chi connectivity index (χ4v) is 2.62. The van der Waals surface area contributed by atoms with Crippen LogP contribution in [0.25, 0.3) is 0 Å². The van der Waals surface area contributed by atoms with Gasteiger partial charge in [0, 0.05) is 13.1 Å². The van der Waals surface area contributed by atoms with Crippen molar-refractivity contribution in [2.75, 3.05) is 13.1 Å². The van der Waals surface area contributed by atoms with Crippen LogP contribution in [0.4, 0.5) is 4.39 Å². The fourth-order valence-electron chi connectivity index (χ4n) is 2.62. The quantitative estimate of drug-likeness (QED) is 0.804. The number of benzene rings is 2. The van der Waals surface area contributed by atoms with Crippen molar-refractivity contribution in [3.8, 4) is 0 Å². The van der Waals surface area contributed by atoms with Crippen LogP contribution in [-0.2, 0) is 24.3 Å². The largest absolute Gasteiger partial charge is 0.352 e. The molecule has 24 heavy (non-hydrogen) atoms. The molecule has 0 heterocycles. The summed E-state index contributed by atoms with van der Waals surface area (Å²) in [6.07, 6.45) is 0.262. The maximum absolute atomic E-state index is 12.9. The van der Waals surface area contributed by atoms with E-state index in [0.29, 0.717) is 6.54 Å². The van der Waals surface area contributed by atoms with E-state index >= 15 is 0 Å². The monoisotopic (exact) mass is 328 g/mol. The Labute approximate surface area is 143 Å². The topological polar surface area (TPSA) is 32.3 Å². The van der Waals surface area contributed by atoms with Crippen molar-refractivity contribution in [3.05, 3.63) is 71.0 Å². The van der Waals surface area contributed by atoms with Crippen molar-refractivity contribution in [1.82, 2.24) is 10.2 Å². The summed E-state index contributed by atoms with van der Waals surface area (Å²) in [5.74, 6) is -0.344. The van der Waals surface area contributed by atoms with Gasteiger partial charge in [0.2, 0.25) is 5.91 Å². The molecule has 0 aliphatic carbocycles. The molecular weight excluding hydrogens is 303 g/mol. The van der Waals surface area contributed by atoms with Crippen LogP contribution >= 0.6 is 0 Å². The van der Waals surface area contributed by atoms with Gasteiger partial charge in [0.25, 0.3) is 0 Å². The van der Waals surface area contributed by atoms with E-state index in [4.69, 9.17) is 0 Å². The van der Waals surface area contributed by atoms with E-state index in [-0.39, 0.29) is 18.1 Å². The zero-order chi connectivity index (χ0) is 17.4. The third-order valence-electron chi connectivity index (χ3n) is 4.16. The normalized spacial score (nSPS) is 10.8. The van der Waals surface area contributed by atoms with Crippen LogP contribution in [0.2, 0.25) is 0 Å². The van der Waals surface area contributed by atoms with E-state index in [1.54, 1.807) is 12.1 Å². The summed E-state index contributed by atoms with van der Waals surface area (Å²) in [5.41, 5.74) is 3.19. The lowest BCUT2D eigenvalue weighted by Gasteiger charge is -2.20. The maximum Gasteiger partial charge on any atom is 0.224 e. The maximum atomic E-state index is 12.9. The van der Waals surface area contributed by atoms with Gasteiger partial charge in [-0.3, -0.25) is 9.69 Å². The average molecular weight is 328 g/mol. The molecule has 0 unspecified atom stereocenters. The zero-order valence-electron chi connectivity index (χ0n) is 14.4. The number of nitrogens with zero attached hydrogens (tertiary/aromatic N) is 1. The van der Waals surface area contributed by atoms with Gasteiger partial charge >= 0.3 is 0 Å². The second-order valence-electron chi connectivity index (χ2n) is 5.81. The van der Waals surface area contributed by atoms with Gasteiger partial charge < -0.3 is 5.32 Å². The minimum Gasteiger partial charge on any atom is -0.352 e. The molecule has 0 aliphatic rings. The van der Waals surface area contributed by atoms with Crippen LogP contribution in [0.3, 0.4) is 0 Å². The Morgan fingerprint density at radius 3 is 2.25 bits per heavy atom. The second-order valence-corrected chi connectivity index (χ2v) is 5.81. The molecule has 0 fully saturated rings. The molecule has 0 spiro atoms. The lowest BCUT2D eigenvalue weighted by atomic mass is 10.1. The molecule has 0 saturated carbocycles. The van der Waals surface area contributed by atoms with Gasteiger partial charge in [-0.25, -0.2) is 4.39 Å². The van der Waals surface area contributed by atoms with E-state index in [2.05, 4.69) is 36.2 Å². The number of nitrogens with one attached hydrogen (secondary N) is 1. The summed E-state index contributed by atoms with van der Waals surface area (Å²) in [6.45, 7) is 7.70. The smallest absolute Gasteiger partial charge is 0.224 e. The van der Waals surface area contributed by atoms with E-state index in [1.807, 2.05) is 12.1 Å². The summed E-state index contributed by atoms with van der Waals surface area (Å²) in [4.78, 5) is 14.4. The van der Waals surface area contributed by atoms with Crippen molar-refractivity contribution in [3.63, 3.8) is 0 Å². The molecule has 3 nitrogen and oxygen atoms in total. The first kappa shape index (κ1) is 18.1. The van der Waals surface area contributed by atoms with E-state index in [9.17, 15) is 9.18 Å². The summed E-state index contributed by atoms with van der Waals surface area (Å²) < 4.78 is 12.9. The van der Waals surface area contributed by atoms with Gasteiger partial charge in [-0.1, -0.05) is 50.2 Å². The standard InChI is InChI=1S/C20H25FN2O/c1-3-23(4-2)15-18-8-6-5-7-17(18)14-22-20(24)13-16-9-11-19(21)12-10-16/h5-12H,3-4,13-15H2,1-2H3,(H,22,24). The molecule has 2 aromatic rings. The predicted octanol–water partition coefficient (Wildman–Crippen LogP) is 3.53. The lowest BCUT2D eigenvalue weighted by Crippen LogP contribution is -2.27. The Kier molecular flexibility index (Phi) is 6.94. The summed E-state index contributed by atoms with van der Waals surface area (Å²) in [6, 6.07) is 14.2. The number of hydrogen-bond acceptors (Lipinski definition) is 2. The van der Waals surface area contributed by atoms with E-state index in [1.165, 1.54) is 17.7 Å². The molecule has 1 N–H and O–H groups in total. The Morgan fingerprint density at radius 2 is 1.62 bits per heavy atom. The van der Waals surface area contributed by atoms with Crippen LogP contribution < -0.4 is 5.32 Å². The highest BCUT2D eigenvalue weighted by molar-refractivity contribution is 5.78. The lowest BCUT2D eigenvalue weighted by molar-refractivity contribution is -0.120. The molecule has 0 aliphatic heterocycles. The highest BCUT2D eigenvalue weighted by atomic mass is 19.1. The summed E-state index contributed by atoms with van der Waals surface area (Å²) in [7, 11) is 0. The predicted molar refractivity (Wildman–Crippen MR) is 95.0 cm³/mol. The Bertz CT molecular complexity index is 651. The average Bonchev–Trinajstić information content (AvgIpc) is 2.60. The molecule has 2 aromatic carbocycles. The van der Waals surface area contributed by atoms with Crippen molar-refractivity contribution >= 4 is 5.91 Å². The number of carbonyl (C=O) groups is 1. The summed E-state index contributed by atoms with van der Waals surface area (Å²) in [5, 5.41) is 2.96. The van der Waals surface area contributed by atoms with Crippen molar-refractivity contribution in [2.24, 2.45) is 0 Å². The molecule has 128 valence electrons. The van der Waals surface area contributed by atoms with Crippen LogP contribution in [-0.4, -0.2) is 23.9 Å². The minimum absolute atomic E-state index is 0.0562. The first-order valence-corrected chi connectivity index (χ1v) is 8.42. The molecule has 0 saturated heterocycles. The number of rotatable bonds is 8. The fraction of sp³-hybridized carbons (Fsp3) is 0.350. The Hall–Kier alpha value is -2.20. The second kappa shape index (κ2) is 9.18. The molecule has 0 atom stereocenters. The van der Waals surface area contributed by atoms with Gasteiger partial charge in [-0.15, -0.1) is 0 Å². The van der Waals surface area contributed by atoms with E-state index < -0.39 is 0 Å². The minimum atomic E-state index is -0.288. The highest BCUT2D eigenvalue weighted by Gasteiger charge is 2.08. The van der Waals surface area contributed by atoms with Gasteiger partial charge in [-0.05, 0) is 41.9 Å². The van der Waals surface area contributed by atoms with Gasteiger partial charge in [0.05, 0.1) is 6.42 Å². The third-order valence-corrected chi connectivity index (χ3v) is 4.16. The first-order valence-electron chi connectivity index (χ1n) is 8.42. The van der Waals surface area contributed by atoms with Crippen molar-refractivity contribution in [1.29, 1.82) is 0 Å². The third kappa shape index (κ3) is 5.46. The van der Waals surface area contributed by atoms with Crippen LogP contribution in [0.1, 0.15) is 30.5 Å². The van der Waals surface area contributed by atoms with Gasteiger partial charge in [-0.2, -0.15) is 0 Å². The zero-order valence-corrected chi connectivity index (χ0v) is 14.4. The van der Waals surface area contributed by atoms with Crippen LogP contribution in [0.5, 0.6) is 0 Å². The van der Waals surface area contributed by atoms with Crippen molar-refractivity contribution in [2.45, 2.75) is 33.4 Å². The van der Waals surface area contributed by atoms with Gasteiger partial charge in [0.15, 0.2) is 0 Å². The number of hydrogen-bond donors (Lipinski definition) is 1. The van der Waals surface area contributed by atoms with Crippen LogP contribution in [0, 0.1) is 5.82 Å². The van der Waals surface area contributed by atoms with Crippen LogP contribution in [0.15, 0.2) is 48.5 Å². The number of carbonyl (C=O) groups excluding carboxylic acids is 1. The Balaban J connectivity index is 1.93. The molecule has 0 radical (unpaired) electrons. The molecule has 0 bridgehead atoms. The van der Waals surface area contributed by atoms with Gasteiger partial charge in [0.1, 0.15) is 5.82 Å². The number of amides is 1. The molecule has 2 rings (SSSR count). The SMILES string of the molecule is CCN(CC)Cc1ccccc1CNC(=O)Cc1ccc(F)cc1. The number of halogens is 1. The molecule has 0 aromatic heterocycles.